The number of fused-ring (bicyclic) bond motifs is 3. The maximum Gasteiger partial charge on any atom is 0.262 e. The largest absolute Gasteiger partial charge is 0.461 e. The fourth-order valence-corrected chi connectivity index (χ4v) is 5.67. The number of aryl methyl sites for hydroxylation is 3. The van der Waals surface area contributed by atoms with Gasteiger partial charge in [-0.25, -0.2) is 8.42 Å². The maximum atomic E-state index is 13.0. The number of furan rings is 1. The quantitative estimate of drug-likeness (QED) is 0.575. The fourth-order valence-electron chi connectivity index (χ4n) is 4.29. The number of anilines is 1. The predicted molar refractivity (Wildman–Crippen MR) is 118 cm³/mol. The minimum absolute atomic E-state index is 0.239. The lowest BCUT2D eigenvalue weighted by molar-refractivity contribution is 0.210. The van der Waals surface area contributed by atoms with Crippen molar-refractivity contribution in [2.24, 2.45) is 11.3 Å². The highest BCUT2D eigenvalue weighted by Gasteiger charge is 2.31. The Bertz CT molecular complexity index is 1180. The normalized spacial score (nSPS) is 17.3. The van der Waals surface area contributed by atoms with Gasteiger partial charge in [-0.15, -0.1) is 0 Å². The molecule has 0 amide bonds. The van der Waals surface area contributed by atoms with Gasteiger partial charge in [0.05, 0.1) is 4.90 Å². The SMILES string of the molecule is Cc1ccc(C)c(S(=O)(=O)Nc2ccc3oc4c(c3c2)C[C@H](C(C)(C)C)CC4)c1. The summed E-state index contributed by atoms with van der Waals surface area (Å²) in [6, 6.07) is 11.0. The molecule has 1 heterocycles. The lowest BCUT2D eigenvalue weighted by atomic mass is 9.71. The molecule has 0 bridgehead atoms. The molecule has 2 aromatic carbocycles. The zero-order valence-electron chi connectivity index (χ0n) is 17.8. The summed E-state index contributed by atoms with van der Waals surface area (Å²) < 4.78 is 34.8. The molecule has 0 aliphatic heterocycles. The van der Waals surface area contributed by atoms with Crippen LogP contribution >= 0.6 is 0 Å². The Hall–Kier alpha value is -2.27. The Labute approximate surface area is 173 Å². The molecular weight excluding hydrogens is 382 g/mol. The highest BCUT2D eigenvalue weighted by atomic mass is 32.2. The van der Waals surface area contributed by atoms with Crippen LogP contribution in [-0.4, -0.2) is 8.42 Å². The lowest BCUT2D eigenvalue weighted by Crippen LogP contribution is -2.26. The van der Waals surface area contributed by atoms with Crippen LogP contribution < -0.4 is 4.72 Å². The Morgan fingerprint density at radius 3 is 2.55 bits per heavy atom. The average Bonchev–Trinajstić information content (AvgIpc) is 3.00. The topological polar surface area (TPSA) is 59.3 Å². The Morgan fingerprint density at radius 1 is 1.07 bits per heavy atom. The van der Waals surface area contributed by atoms with E-state index in [1.54, 1.807) is 12.1 Å². The maximum absolute atomic E-state index is 13.0. The summed E-state index contributed by atoms with van der Waals surface area (Å²) in [5.41, 5.74) is 4.53. The second kappa shape index (κ2) is 6.91. The molecule has 1 aromatic heterocycles. The first-order chi connectivity index (χ1) is 13.5. The Balaban J connectivity index is 1.70. The third kappa shape index (κ3) is 3.80. The van der Waals surface area contributed by atoms with E-state index in [0.717, 1.165) is 47.1 Å². The van der Waals surface area contributed by atoms with Gasteiger partial charge in [-0.1, -0.05) is 32.9 Å². The number of sulfonamides is 1. The zero-order valence-corrected chi connectivity index (χ0v) is 18.6. The minimum Gasteiger partial charge on any atom is -0.461 e. The second-order valence-electron chi connectivity index (χ2n) is 9.39. The van der Waals surface area contributed by atoms with Gasteiger partial charge in [-0.3, -0.25) is 4.72 Å². The molecule has 1 aliphatic rings. The van der Waals surface area contributed by atoms with Crippen LogP contribution in [0.3, 0.4) is 0 Å². The van der Waals surface area contributed by atoms with Gasteiger partial charge in [0.25, 0.3) is 10.0 Å². The van der Waals surface area contributed by atoms with Gasteiger partial charge in [0, 0.05) is 23.1 Å². The Morgan fingerprint density at radius 2 is 1.83 bits per heavy atom. The highest BCUT2D eigenvalue weighted by Crippen LogP contribution is 2.41. The molecule has 0 saturated carbocycles. The van der Waals surface area contributed by atoms with Crippen molar-refractivity contribution in [3.8, 4) is 0 Å². The molecule has 0 saturated heterocycles. The van der Waals surface area contributed by atoms with Gasteiger partial charge in [-0.05, 0) is 73.4 Å². The molecule has 4 nitrogen and oxygen atoms in total. The average molecular weight is 412 g/mol. The summed E-state index contributed by atoms with van der Waals surface area (Å²) in [5, 5.41) is 1.02. The molecule has 0 unspecified atom stereocenters. The molecule has 5 heteroatoms. The first kappa shape index (κ1) is 20.0. The van der Waals surface area contributed by atoms with E-state index in [9.17, 15) is 8.42 Å². The molecular formula is C24H29NO3S. The van der Waals surface area contributed by atoms with E-state index >= 15 is 0 Å². The van der Waals surface area contributed by atoms with Crippen molar-refractivity contribution >= 4 is 26.7 Å². The highest BCUT2D eigenvalue weighted by molar-refractivity contribution is 7.92. The van der Waals surface area contributed by atoms with Crippen molar-refractivity contribution in [2.45, 2.75) is 58.8 Å². The summed E-state index contributed by atoms with van der Waals surface area (Å²) in [7, 11) is -3.65. The standard InChI is InChI=1S/C24H29NO3S/c1-15-6-7-16(2)23(12-15)29(26,27)25-18-9-11-22-20(14-18)19-13-17(24(3,4)5)8-10-21(19)28-22/h6-7,9,11-12,14,17,25H,8,10,13H2,1-5H3/t17-/m1/s1. The minimum atomic E-state index is -3.65. The number of hydrogen-bond acceptors (Lipinski definition) is 3. The Kier molecular flexibility index (Phi) is 4.77. The summed E-state index contributed by atoms with van der Waals surface area (Å²) in [6.45, 7) is 10.6. The van der Waals surface area contributed by atoms with Crippen LogP contribution in [0.4, 0.5) is 5.69 Å². The second-order valence-corrected chi connectivity index (χ2v) is 11.0. The monoisotopic (exact) mass is 411 g/mol. The van der Waals surface area contributed by atoms with Gasteiger partial charge >= 0.3 is 0 Å². The van der Waals surface area contributed by atoms with Gasteiger partial charge in [-0.2, -0.15) is 0 Å². The zero-order chi connectivity index (χ0) is 21.0. The van der Waals surface area contributed by atoms with Crippen LogP contribution in [0, 0.1) is 25.2 Å². The van der Waals surface area contributed by atoms with Crippen molar-refractivity contribution in [3.63, 3.8) is 0 Å². The molecule has 0 spiro atoms. The van der Waals surface area contributed by atoms with E-state index in [1.165, 1.54) is 5.56 Å². The molecule has 4 rings (SSSR count). The van der Waals surface area contributed by atoms with Crippen LogP contribution in [0.15, 0.2) is 45.7 Å². The molecule has 1 aliphatic carbocycles. The molecule has 0 fully saturated rings. The molecule has 1 N–H and O–H groups in total. The molecule has 154 valence electrons. The summed E-state index contributed by atoms with van der Waals surface area (Å²) in [5.74, 6) is 1.64. The first-order valence-electron chi connectivity index (χ1n) is 10.2. The van der Waals surface area contributed by atoms with Crippen LogP contribution in [0.5, 0.6) is 0 Å². The summed E-state index contributed by atoms with van der Waals surface area (Å²) >= 11 is 0. The van der Waals surface area contributed by atoms with Crippen LogP contribution in [0.1, 0.15) is 49.6 Å². The lowest BCUT2D eigenvalue weighted by Gasteiger charge is -2.33. The van der Waals surface area contributed by atoms with Gasteiger partial charge in [0.1, 0.15) is 11.3 Å². The van der Waals surface area contributed by atoms with Crippen molar-refractivity contribution in [1.82, 2.24) is 0 Å². The molecule has 1 atom stereocenters. The summed E-state index contributed by atoms with van der Waals surface area (Å²) in [6.07, 6.45) is 3.04. The molecule has 29 heavy (non-hydrogen) atoms. The van der Waals surface area contributed by atoms with Crippen LogP contribution in [-0.2, 0) is 22.9 Å². The van der Waals surface area contributed by atoms with Crippen molar-refractivity contribution in [3.05, 3.63) is 58.8 Å². The van der Waals surface area contributed by atoms with E-state index in [4.69, 9.17) is 4.42 Å². The first-order valence-corrected chi connectivity index (χ1v) is 11.7. The number of rotatable bonds is 3. The van der Waals surface area contributed by atoms with Crippen molar-refractivity contribution in [2.75, 3.05) is 4.72 Å². The van der Waals surface area contributed by atoms with Crippen molar-refractivity contribution < 1.29 is 12.8 Å². The van der Waals surface area contributed by atoms with Crippen molar-refractivity contribution in [1.29, 1.82) is 0 Å². The number of benzene rings is 2. The van der Waals surface area contributed by atoms with E-state index in [1.807, 2.05) is 38.1 Å². The summed E-state index contributed by atoms with van der Waals surface area (Å²) in [4.78, 5) is 0.319. The van der Waals surface area contributed by atoms with Crippen LogP contribution in [0.25, 0.3) is 11.0 Å². The van der Waals surface area contributed by atoms with E-state index in [2.05, 4.69) is 25.5 Å². The van der Waals surface area contributed by atoms with E-state index in [-0.39, 0.29) is 5.41 Å². The fraction of sp³-hybridized carbons (Fsp3) is 0.417. The smallest absolute Gasteiger partial charge is 0.262 e. The van der Waals surface area contributed by atoms with Gasteiger partial charge in [0.2, 0.25) is 0 Å². The van der Waals surface area contributed by atoms with Gasteiger partial charge in [0.15, 0.2) is 0 Å². The van der Waals surface area contributed by atoms with Crippen LogP contribution in [0.2, 0.25) is 0 Å². The number of hydrogen-bond donors (Lipinski definition) is 1. The number of nitrogens with one attached hydrogen (secondary N) is 1. The van der Waals surface area contributed by atoms with E-state index < -0.39 is 10.0 Å². The van der Waals surface area contributed by atoms with E-state index in [0.29, 0.717) is 16.5 Å². The predicted octanol–water partition coefficient (Wildman–Crippen LogP) is 6.00. The molecule has 3 aromatic rings. The molecule has 0 radical (unpaired) electrons. The third-order valence-electron chi connectivity index (χ3n) is 6.15. The van der Waals surface area contributed by atoms with Gasteiger partial charge < -0.3 is 4.42 Å². The third-order valence-corrected chi connectivity index (χ3v) is 7.68.